The Kier molecular flexibility index (Phi) is 4.30. The van der Waals surface area contributed by atoms with E-state index in [9.17, 15) is 4.39 Å². The number of halogens is 1. The second kappa shape index (κ2) is 5.78. The highest BCUT2D eigenvalue weighted by Gasteiger charge is 2.24. The van der Waals surface area contributed by atoms with E-state index in [1.165, 1.54) is 6.07 Å². The maximum atomic E-state index is 13.5. The summed E-state index contributed by atoms with van der Waals surface area (Å²) in [6.07, 6.45) is 2.18. The number of nitrogens with two attached hydrogens (primary N) is 1. The largest absolute Gasteiger partial charge is 0.397 e. The van der Waals surface area contributed by atoms with E-state index < -0.39 is 0 Å². The van der Waals surface area contributed by atoms with E-state index in [-0.39, 0.29) is 5.82 Å². The molecule has 0 saturated carbocycles. The number of rotatable bonds is 2. The van der Waals surface area contributed by atoms with Crippen LogP contribution in [0.1, 0.15) is 25.3 Å². The average molecular weight is 265 g/mol. The topological polar surface area (TPSA) is 32.5 Å². The minimum absolute atomic E-state index is 0.221. The maximum absolute atomic E-state index is 13.5. The molecule has 19 heavy (non-hydrogen) atoms. The van der Waals surface area contributed by atoms with E-state index in [0.717, 1.165) is 38.2 Å². The molecule has 0 radical (unpaired) electrons. The molecule has 0 spiro atoms. The number of hydrogen-bond donors (Lipinski definition) is 1. The number of hydrogen-bond acceptors (Lipinski definition) is 3. The second-order valence-electron chi connectivity index (χ2n) is 5.53. The lowest BCUT2D eigenvalue weighted by atomic mass is 10.1. The van der Waals surface area contributed by atoms with Gasteiger partial charge in [0, 0.05) is 19.1 Å². The summed E-state index contributed by atoms with van der Waals surface area (Å²) < 4.78 is 13.5. The van der Waals surface area contributed by atoms with Crippen LogP contribution in [0, 0.1) is 12.7 Å². The minimum atomic E-state index is -0.221. The molecule has 1 fully saturated rings. The Bertz CT molecular complexity index is 447. The summed E-state index contributed by atoms with van der Waals surface area (Å²) in [7, 11) is 2.16. The smallest absolute Gasteiger partial charge is 0.128 e. The number of nitrogens with zero attached hydrogens (tertiary/aromatic N) is 2. The first kappa shape index (κ1) is 14.1. The summed E-state index contributed by atoms with van der Waals surface area (Å²) in [5.74, 6) is -0.221. The quantitative estimate of drug-likeness (QED) is 0.834. The monoisotopic (exact) mass is 265 g/mol. The van der Waals surface area contributed by atoms with Crippen molar-refractivity contribution in [3.8, 4) is 0 Å². The third-order valence-electron chi connectivity index (χ3n) is 3.99. The Labute approximate surface area is 115 Å². The van der Waals surface area contributed by atoms with Crippen LogP contribution in [-0.4, -0.2) is 37.6 Å². The Morgan fingerprint density at radius 2 is 2.11 bits per heavy atom. The molecule has 4 heteroatoms. The minimum Gasteiger partial charge on any atom is -0.397 e. The zero-order valence-electron chi connectivity index (χ0n) is 12.1. The SMILES string of the molecule is CCC1CN(C)CCCN1c1cc(C)c(F)cc1N. The number of nitrogen functional groups attached to an aromatic ring is 1. The molecule has 0 aromatic heterocycles. The molecule has 1 aromatic carbocycles. The van der Waals surface area contributed by atoms with E-state index in [2.05, 4.69) is 23.8 Å². The van der Waals surface area contributed by atoms with Gasteiger partial charge in [-0.2, -0.15) is 0 Å². The average Bonchev–Trinajstić information content (AvgIpc) is 2.55. The predicted molar refractivity (Wildman–Crippen MR) is 79.1 cm³/mol. The number of aryl methyl sites for hydroxylation is 1. The van der Waals surface area contributed by atoms with Gasteiger partial charge in [-0.1, -0.05) is 6.92 Å². The Hall–Kier alpha value is -1.29. The van der Waals surface area contributed by atoms with Crippen LogP contribution >= 0.6 is 0 Å². The van der Waals surface area contributed by atoms with Crippen molar-refractivity contribution in [2.75, 3.05) is 37.3 Å². The van der Waals surface area contributed by atoms with Crippen LogP contribution in [0.5, 0.6) is 0 Å². The Morgan fingerprint density at radius 3 is 2.79 bits per heavy atom. The normalized spacial score (nSPS) is 21.5. The highest BCUT2D eigenvalue weighted by molar-refractivity contribution is 5.69. The summed E-state index contributed by atoms with van der Waals surface area (Å²) in [5.41, 5.74) is 8.23. The maximum Gasteiger partial charge on any atom is 0.128 e. The van der Waals surface area contributed by atoms with Crippen molar-refractivity contribution in [1.82, 2.24) is 4.90 Å². The van der Waals surface area contributed by atoms with Gasteiger partial charge in [-0.15, -0.1) is 0 Å². The molecule has 1 unspecified atom stereocenters. The third kappa shape index (κ3) is 3.00. The van der Waals surface area contributed by atoms with Gasteiger partial charge in [0.15, 0.2) is 0 Å². The first-order valence-corrected chi connectivity index (χ1v) is 7.03. The second-order valence-corrected chi connectivity index (χ2v) is 5.53. The number of anilines is 2. The summed E-state index contributed by atoms with van der Waals surface area (Å²) in [5, 5.41) is 0. The van der Waals surface area contributed by atoms with Crippen molar-refractivity contribution in [3.05, 3.63) is 23.5 Å². The molecular formula is C15H24FN3. The fraction of sp³-hybridized carbons (Fsp3) is 0.600. The molecule has 2 rings (SSSR count). The zero-order chi connectivity index (χ0) is 14.0. The molecule has 0 aliphatic carbocycles. The molecule has 3 nitrogen and oxygen atoms in total. The van der Waals surface area contributed by atoms with Crippen LogP contribution in [-0.2, 0) is 0 Å². The van der Waals surface area contributed by atoms with Crippen molar-refractivity contribution >= 4 is 11.4 Å². The molecular weight excluding hydrogens is 241 g/mol. The molecule has 1 aliphatic rings. The summed E-state index contributed by atoms with van der Waals surface area (Å²) in [4.78, 5) is 4.71. The molecule has 1 saturated heterocycles. The Morgan fingerprint density at radius 1 is 1.37 bits per heavy atom. The summed E-state index contributed by atoms with van der Waals surface area (Å²) in [6.45, 7) is 7.12. The molecule has 1 aliphatic heterocycles. The highest BCUT2D eigenvalue weighted by Crippen LogP contribution is 2.30. The van der Waals surface area contributed by atoms with Crippen LogP contribution in [0.4, 0.5) is 15.8 Å². The van der Waals surface area contributed by atoms with Crippen molar-refractivity contribution in [2.24, 2.45) is 0 Å². The summed E-state index contributed by atoms with van der Waals surface area (Å²) in [6, 6.07) is 3.78. The van der Waals surface area contributed by atoms with Gasteiger partial charge >= 0.3 is 0 Å². The van der Waals surface area contributed by atoms with Gasteiger partial charge in [-0.25, -0.2) is 4.39 Å². The highest BCUT2D eigenvalue weighted by atomic mass is 19.1. The number of likely N-dealkylation sites (N-methyl/N-ethyl adjacent to an activating group) is 1. The molecule has 106 valence electrons. The molecule has 0 bridgehead atoms. The summed E-state index contributed by atoms with van der Waals surface area (Å²) >= 11 is 0. The van der Waals surface area contributed by atoms with E-state index in [0.29, 0.717) is 17.3 Å². The van der Waals surface area contributed by atoms with E-state index >= 15 is 0 Å². The van der Waals surface area contributed by atoms with Crippen LogP contribution in [0.3, 0.4) is 0 Å². The van der Waals surface area contributed by atoms with Crippen LogP contribution < -0.4 is 10.6 Å². The van der Waals surface area contributed by atoms with E-state index in [1.54, 1.807) is 6.92 Å². The fourth-order valence-corrected chi connectivity index (χ4v) is 2.84. The molecule has 1 heterocycles. The van der Waals surface area contributed by atoms with Crippen LogP contribution in [0.25, 0.3) is 0 Å². The predicted octanol–water partition coefficient (Wildman–Crippen LogP) is 2.64. The Balaban J connectivity index is 2.35. The molecule has 2 N–H and O–H groups in total. The van der Waals surface area contributed by atoms with E-state index in [1.807, 2.05) is 6.07 Å². The lowest BCUT2D eigenvalue weighted by molar-refractivity contribution is 0.328. The van der Waals surface area contributed by atoms with Gasteiger partial charge in [0.2, 0.25) is 0 Å². The fourth-order valence-electron chi connectivity index (χ4n) is 2.84. The van der Waals surface area contributed by atoms with Gasteiger partial charge in [0.25, 0.3) is 0 Å². The first-order valence-electron chi connectivity index (χ1n) is 7.03. The molecule has 1 atom stereocenters. The zero-order valence-corrected chi connectivity index (χ0v) is 12.1. The number of benzene rings is 1. The first-order chi connectivity index (χ1) is 9.02. The van der Waals surface area contributed by atoms with Crippen molar-refractivity contribution in [1.29, 1.82) is 0 Å². The van der Waals surface area contributed by atoms with Crippen molar-refractivity contribution in [3.63, 3.8) is 0 Å². The van der Waals surface area contributed by atoms with Gasteiger partial charge in [-0.05, 0) is 51.1 Å². The van der Waals surface area contributed by atoms with Crippen LogP contribution in [0.2, 0.25) is 0 Å². The van der Waals surface area contributed by atoms with Crippen molar-refractivity contribution < 1.29 is 4.39 Å². The van der Waals surface area contributed by atoms with E-state index in [4.69, 9.17) is 5.73 Å². The lowest BCUT2D eigenvalue weighted by Crippen LogP contribution is -2.40. The third-order valence-corrected chi connectivity index (χ3v) is 3.99. The van der Waals surface area contributed by atoms with Gasteiger partial charge in [0.1, 0.15) is 5.82 Å². The van der Waals surface area contributed by atoms with Gasteiger partial charge in [0.05, 0.1) is 11.4 Å². The lowest BCUT2D eigenvalue weighted by Gasteiger charge is -2.33. The molecule has 1 aromatic rings. The van der Waals surface area contributed by atoms with Crippen molar-refractivity contribution in [2.45, 2.75) is 32.7 Å². The standard InChI is InChI=1S/C15H24FN3/c1-4-12-10-18(3)6-5-7-19(12)15-8-11(2)13(16)9-14(15)17/h8-9,12H,4-7,10,17H2,1-3H3. The van der Waals surface area contributed by atoms with Gasteiger partial charge in [-0.3, -0.25) is 0 Å². The molecule has 0 amide bonds. The van der Waals surface area contributed by atoms with Gasteiger partial charge < -0.3 is 15.5 Å². The van der Waals surface area contributed by atoms with Crippen LogP contribution in [0.15, 0.2) is 12.1 Å².